The number of hydrogen-bond acceptors (Lipinski definition) is 5. The van der Waals surface area contributed by atoms with Crippen molar-refractivity contribution in [1.29, 1.82) is 0 Å². The lowest BCUT2D eigenvalue weighted by molar-refractivity contribution is 0.0686. The smallest absolute Gasteiger partial charge is 0.335 e. The number of carboxylic acid groups (broad SMARTS) is 3. The lowest BCUT2D eigenvalue weighted by Gasteiger charge is -1.88. The van der Waals surface area contributed by atoms with Gasteiger partial charge >= 0.3 is 17.9 Å². The van der Waals surface area contributed by atoms with Crippen LogP contribution < -0.4 is 0 Å². The summed E-state index contributed by atoms with van der Waals surface area (Å²) in [4.78, 5) is 30.6. The van der Waals surface area contributed by atoms with Gasteiger partial charge in [0, 0.05) is 0 Å². The second kappa shape index (κ2) is 16.9. The van der Waals surface area contributed by atoms with E-state index >= 15 is 0 Å². The SMILES string of the molecule is O=C(O)c1ccccc1.O=C(O)c1ccccc1.O=C(O)c1ccccc1.OCCO. The molecule has 8 nitrogen and oxygen atoms in total. The number of aliphatic hydroxyl groups is 2. The van der Waals surface area contributed by atoms with Gasteiger partial charge in [0.2, 0.25) is 0 Å². The maximum absolute atomic E-state index is 10.2. The Labute approximate surface area is 179 Å². The zero-order valence-electron chi connectivity index (χ0n) is 16.5. The van der Waals surface area contributed by atoms with Crippen LogP contribution in [-0.2, 0) is 0 Å². The van der Waals surface area contributed by atoms with E-state index in [-0.39, 0.29) is 13.2 Å². The number of hydrogen-bond donors (Lipinski definition) is 5. The van der Waals surface area contributed by atoms with Gasteiger partial charge in [0.15, 0.2) is 0 Å². The normalized spacial score (nSPS) is 8.71. The summed E-state index contributed by atoms with van der Waals surface area (Å²) in [7, 11) is 0. The van der Waals surface area contributed by atoms with Crippen LogP contribution in [-0.4, -0.2) is 56.7 Å². The average molecular weight is 428 g/mol. The second-order valence-corrected chi connectivity index (χ2v) is 5.46. The molecule has 3 aromatic carbocycles. The van der Waals surface area contributed by atoms with Crippen molar-refractivity contribution in [2.45, 2.75) is 0 Å². The van der Waals surface area contributed by atoms with Gasteiger partial charge in [-0.3, -0.25) is 0 Å². The van der Waals surface area contributed by atoms with E-state index in [0.29, 0.717) is 16.7 Å². The number of aliphatic hydroxyl groups excluding tert-OH is 2. The van der Waals surface area contributed by atoms with Crippen LogP contribution in [0, 0.1) is 0 Å². The average Bonchev–Trinajstić information content (AvgIpc) is 2.81. The van der Waals surface area contributed by atoms with Crippen LogP contribution in [0.3, 0.4) is 0 Å². The first-order chi connectivity index (χ1) is 14.8. The molecule has 0 aromatic heterocycles. The monoisotopic (exact) mass is 428 g/mol. The molecule has 0 fully saturated rings. The van der Waals surface area contributed by atoms with E-state index in [1.165, 1.54) is 0 Å². The van der Waals surface area contributed by atoms with E-state index in [2.05, 4.69) is 0 Å². The van der Waals surface area contributed by atoms with Gasteiger partial charge in [-0.05, 0) is 36.4 Å². The molecule has 0 saturated carbocycles. The van der Waals surface area contributed by atoms with Gasteiger partial charge in [-0.1, -0.05) is 54.6 Å². The molecule has 164 valence electrons. The standard InChI is InChI=1S/3C7H6O2.C2H6O2/c3*8-7(9)6-4-2-1-3-5-6;3-1-2-4/h3*1-5H,(H,8,9);3-4H,1-2H2. The van der Waals surface area contributed by atoms with E-state index < -0.39 is 17.9 Å². The number of aromatic carboxylic acids is 3. The highest BCUT2D eigenvalue weighted by atomic mass is 16.4. The van der Waals surface area contributed by atoms with Crippen LogP contribution >= 0.6 is 0 Å². The Kier molecular flexibility index (Phi) is 14.7. The summed E-state index contributed by atoms with van der Waals surface area (Å²) in [5, 5.41) is 40.4. The van der Waals surface area contributed by atoms with E-state index in [1.807, 2.05) is 0 Å². The molecule has 0 aliphatic heterocycles. The van der Waals surface area contributed by atoms with Crippen LogP contribution in [0.2, 0.25) is 0 Å². The first kappa shape index (κ1) is 27.0. The van der Waals surface area contributed by atoms with Gasteiger partial charge in [-0.2, -0.15) is 0 Å². The van der Waals surface area contributed by atoms with Gasteiger partial charge in [0.05, 0.1) is 29.9 Å². The minimum absolute atomic E-state index is 0.125. The highest BCUT2D eigenvalue weighted by Crippen LogP contribution is 1.97. The third kappa shape index (κ3) is 13.7. The largest absolute Gasteiger partial charge is 0.478 e. The zero-order valence-corrected chi connectivity index (χ0v) is 16.5. The molecule has 0 bridgehead atoms. The van der Waals surface area contributed by atoms with Gasteiger partial charge in [-0.25, -0.2) is 14.4 Å². The van der Waals surface area contributed by atoms with E-state index in [1.54, 1.807) is 91.0 Å². The lowest BCUT2D eigenvalue weighted by Crippen LogP contribution is -1.93. The molecule has 31 heavy (non-hydrogen) atoms. The number of carboxylic acids is 3. The number of benzene rings is 3. The number of rotatable bonds is 4. The minimum Gasteiger partial charge on any atom is -0.478 e. The number of carbonyl (C=O) groups is 3. The Hall–Kier alpha value is -4.01. The maximum Gasteiger partial charge on any atom is 0.335 e. The third-order valence-electron chi connectivity index (χ3n) is 3.16. The van der Waals surface area contributed by atoms with Crippen molar-refractivity contribution in [2.75, 3.05) is 13.2 Å². The Morgan fingerprint density at radius 2 is 0.645 bits per heavy atom. The summed E-state index contributed by atoms with van der Waals surface area (Å²) >= 11 is 0. The van der Waals surface area contributed by atoms with E-state index in [9.17, 15) is 14.4 Å². The molecule has 8 heteroatoms. The molecule has 0 unspecified atom stereocenters. The third-order valence-corrected chi connectivity index (χ3v) is 3.16. The van der Waals surface area contributed by atoms with Crippen molar-refractivity contribution >= 4 is 17.9 Å². The van der Waals surface area contributed by atoms with Crippen LogP contribution in [0.25, 0.3) is 0 Å². The highest BCUT2D eigenvalue weighted by molar-refractivity contribution is 5.88. The van der Waals surface area contributed by atoms with Crippen molar-refractivity contribution in [1.82, 2.24) is 0 Å². The summed E-state index contributed by atoms with van der Waals surface area (Å²) < 4.78 is 0. The van der Waals surface area contributed by atoms with E-state index in [4.69, 9.17) is 25.5 Å². The lowest BCUT2D eigenvalue weighted by atomic mass is 10.2. The minimum atomic E-state index is -0.879. The molecular formula is C23H24O8. The Morgan fingerprint density at radius 1 is 0.452 bits per heavy atom. The molecule has 5 N–H and O–H groups in total. The summed E-state index contributed by atoms with van der Waals surface area (Å²) in [6.45, 7) is -0.250. The first-order valence-electron chi connectivity index (χ1n) is 8.90. The molecule has 0 spiro atoms. The molecule has 0 atom stereocenters. The summed E-state index contributed by atoms with van der Waals surface area (Å²) in [5.41, 5.74) is 0.993. The second-order valence-electron chi connectivity index (χ2n) is 5.46. The molecule has 3 aromatic rings. The maximum atomic E-state index is 10.2. The zero-order chi connectivity index (χ0) is 23.5. The Balaban J connectivity index is 0.000000402. The van der Waals surface area contributed by atoms with E-state index in [0.717, 1.165) is 0 Å². The summed E-state index contributed by atoms with van der Waals surface area (Å²) in [6, 6.07) is 24.9. The molecule has 0 aliphatic carbocycles. The molecule has 0 radical (unpaired) electrons. The predicted molar refractivity (Wildman–Crippen MR) is 114 cm³/mol. The van der Waals surface area contributed by atoms with Crippen molar-refractivity contribution in [3.05, 3.63) is 108 Å². The molecular weight excluding hydrogens is 404 g/mol. The molecule has 0 heterocycles. The topological polar surface area (TPSA) is 152 Å². The highest BCUT2D eigenvalue weighted by Gasteiger charge is 1.98. The molecule has 3 rings (SSSR count). The van der Waals surface area contributed by atoms with Crippen molar-refractivity contribution < 1.29 is 39.9 Å². The fourth-order valence-corrected chi connectivity index (χ4v) is 1.74. The van der Waals surface area contributed by atoms with Crippen LogP contribution in [0.15, 0.2) is 91.0 Å². The summed E-state index contributed by atoms with van der Waals surface area (Å²) in [6.07, 6.45) is 0. The fraction of sp³-hybridized carbons (Fsp3) is 0.0870. The summed E-state index contributed by atoms with van der Waals surface area (Å²) in [5.74, 6) is -2.64. The molecule has 0 saturated heterocycles. The van der Waals surface area contributed by atoms with Crippen molar-refractivity contribution in [2.24, 2.45) is 0 Å². The van der Waals surface area contributed by atoms with Crippen molar-refractivity contribution in [3.8, 4) is 0 Å². The van der Waals surface area contributed by atoms with Gasteiger partial charge in [0.25, 0.3) is 0 Å². The Morgan fingerprint density at radius 3 is 0.742 bits per heavy atom. The molecule has 0 amide bonds. The molecule has 0 aliphatic rings. The van der Waals surface area contributed by atoms with Gasteiger partial charge < -0.3 is 25.5 Å². The van der Waals surface area contributed by atoms with Gasteiger partial charge in [-0.15, -0.1) is 0 Å². The predicted octanol–water partition coefficient (Wildman–Crippen LogP) is 3.13. The quantitative estimate of drug-likeness (QED) is 0.425. The fourth-order valence-electron chi connectivity index (χ4n) is 1.74. The van der Waals surface area contributed by atoms with Crippen molar-refractivity contribution in [3.63, 3.8) is 0 Å². The first-order valence-corrected chi connectivity index (χ1v) is 8.90. The Bertz CT molecular complexity index is 762. The van der Waals surface area contributed by atoms with Crippen LogP contribution in [0.5, 0.6) is 0 Å². The van der Waals surface area contributed by atoms with Crippen LogP contribution in [0.1, 0.15) is 31.1 Å². The van der Waals surface area contributed by atoms with Crippen LogP contribution in [0.4, 0.5) is 0 Å². The van der Waals surface area contributed by atoms with Gasteiger partial charge in [0.1, 0.15) is 0 Å².